The van der Waals surface area contributed by atoms with Crippen molar-refractivity contribution in [3.8, 4) is 0 Å². The second-order valence-corrected chi connectivity index (χ2v) is 4.25. The van der Waals surface area contributed by atoms with Crippen LogP contribution in [0.2, 0.25) is 0 Å². The lowest BCUT2D eigenvalue weighted by Gasteiger charge is -2.46. The number of rotatable bonds is 2. The molecule has 0 aromatic rings. The number of amides is 2. The van der Waals surface area contributed by atoms with Gasteiger partial charge in [0.15, 0.2) is 11.8 Å². The highest BCUT2D eigenvalue weighted by Gasteiger charge is 2.62. The van der Waals surface area contributed by atoms with E-state index in [4.69, 9.17) is 5.11 Å². The van der Waals surface area contributed by atoms with Gasteiger partial charge in [0.25, 0.3) is 0 Å². The van der Waals surface area contributed by atoms with Gasteiger partial charge < -0.3 is 14.7 Å². The molecular formula is C10H12N2O6. The van der Waals surface area contributed by atoms with Crippen molar-refractivity contribution < 1.29 is 29.0 Å². The van der Waals surface area contributed by atoms with Crippen LogP contribution < -0.4 is 0 Å². The van der Waals surface area contributed by atoms with Crippen molar-refractivity contribution >= 4 is 23.8 Å². The van der Waals surface area contributed by atoms with Crippen LogP contribution >= 0.6 is 0 Å². The highest BCUT2D eigenvalue weighted by molar-refractivity contribution is 6.11. The van der Waals surface area contributed by atoms with Crippen molar-refractivity contribution in [1.29, 1.82) is 0 Å². The van der Waals surface area contributed by atoms with Crippen LogP contribution in [0.25, 0.3) is 0 Å². The predicted molar refractivity (Wildman–Crippen MR) is 55.6 cm³/mol. The summed E-state index contributed by atoms with van der Waals surface area (Å²) in [6.45, 7) is 0. The van der Waals surface area contributed by atoms with Gasteiger partial charge in [0.05, 0.1) is 13.2 Å². The number of ketones is 1. The number of Topliss-reactive ketones (excluding diaryl/α,β-unsaturated/α-hetero) is 1. The molecule has 1 N–H and O–H groups in total. The van der Waals surface area contributed by atoms with E-state index in [-0.39, 0.29) is 6.42 Å². The average molecular weight is 256 g/mol. The first-order valence-corrected chi connectivity index (χ1v) is 5.28. The van der Waals surface area contributed by atoms with Crippen LogP contribution in [0.4, 0.5) is 4.79 Å². The fraction of sp³-hybridized carbons (Fsp3) is 0.600. The van der Waals surface area contributed by atoms with Crippen molar-refractivity contribution in [3.05, 3.63) is 0 Å². The van der Waals surface area contributed by atoms with E-state index in [2.05, 4.69) is 4.74 Å². The highest BCUT2D eigenvalue weighted by Crippen LogP contribution is 2.36. The Balaban J connectivity index is 2.19. The molecule has 2 heterocycles. The molecule has 0 spiro atoms. The molecule has 2 amide bonds. The molecule has 0 radical (unpaired) electrons. The Morgan fingerprint density at radius 2 is 2.06 bits per heavy atom. The van der Waals surface area contributed by atoms with Crippen LogP contribution in [0.1, 0.15) is 6.42 Å². The summed E-state index contributed by atoms with van der Waals surface area (Å²) in [5.41, 5.74) is 0. The maximum Gasteiger partial charge on any atom is 0.409 e. The van der Waals surface area contributed by atoms with Gasteiger partial charge in [-0.1, -0.05) is 0 Å². The number of carbonyl (C=O) groups is 4. The molecule has 2 unspecified atom stereocenters. The van der Waals surface area contributed by atoms with E-state index in [0.717, 1.165) is 9.80 Å². The van der Waals surface area contributed by atoms with Crippen molar-refractivity contribution in [3.63, 3.8) is 0 Å². The average Bonchev–Trinajstić information content (AvgIpc) is 2.61. The van der Waals surface area contributed by atoms with Crippen molar-refractivity contribution in [2.45, 2.75) is 24.5 Å². The first kappa shape index (κ1) is 12.3. The summed E-state index contributed by atoms with van der Waals surface area (Å²) in [4.78, 5) is 47.7. The number of β-lactam (4-membered cyclic amide) rings is 1. The molecule has 8 heteroatoms. The van der Waals surface area contributed by atoms with Gasteiger partial charge in [0, 0.05) is 13.5 Å². The minimum atomic E-state index is -1.41. The fourth-order valence-electron chi connectivity index (χ4n) is 2.49. The Hall–Kier alpha value is -2.12. The molecule has 2 aliphatic heterocycles. The Kier molecular flexibility index (Phi) is 2.72. The first-order chi connectivity index (χ1) is 8.40. The Bertz CT molecular complexity index is 448. The lowest BCUT2D eigenvalue weighted by Crippen LogP contribution is -2.70. The summed E-state index contributed by atoms with van der Waals surface area (Å²) in [6, 6.07) is -2.79. The first-order valence-electron chi connectivity index (χ1n) is 5.28. The Morgan fingerprint density at radius 3 is 2.56 bits per heavy atom. The number of carboxylic acid groups (broad SMARTS) is 1. The number of hydrogen-bond donors (Lipinski definition) is 1. The molecule has 2 saturated heterocycles. The number of nitrogens with zero attached hydrogens (tertiary/aromatic N) is 2. The summed E-state index contributed by atoms with van der Waals surface area (Å²) >= 11 is 0. The number of methoxy groups -OCH3 is 1. The summed E-state index contributed by atoms with van der Waals surface area (Å²) in [5.74, 6) is -2.39. The molecule has 8 nitrogen and oxygen atoms in total. The summed E-state index contributed by atoms with van der Waals surface area (Å²) in [7, 11) is 2.56. The van der Waals surface area contributed by atoms with Gasteiger partial charge in [0.1, 0.15) is 6.04 Å². The summed E-state index contributed by atoms with van der Waals surface area (Å²) < 4.78 is 4.48. The van der Waals surface area contributed by atoms with Gasteiger partial charge in [-0.3, -0.25) is 14.5 Å². The molecule has 0 aliphatic carbocycles. The largest absolute Gasteiger partial charge is 0.479 e. The number of aliphatic carboxylic acids is 1. The van der Waals surface area contributed by atoms with E-state index in [9.17, 15) is 19.2 Å². The van der Waals surface area contributed by atoms with Crippen molar-refractivity contribution in [1.82, 2.24) is 9.80 Å². The predicted octanol–water partition coefficient (Wildman–Crippen LogP) is -1.31. The molecule has 0 aromatic carbocycles. The highest BCUT2D eigenvalue weighted by atomic mass is 16.5. The van der Waals surface area contributed by atoms with E-state index >= 15 is 0 Å². The zero-order valence-corrected chi connectivity index (χ0v) is 9.82. The molecule has 0 bridgehead atoms. The third-order valence-corrected chi connectivity index (χ3v) is 3.34. The fourth-order valence-corrected chi connectivity index (χ4v) is 2.49. The van der Waals surface area contributed by atoms with Crippen LogP contribution in [0.15, 0.2) is 0 Å². The molecule has 3 atom stereocenters. The zero-order chi connectivity index (χ0) is 13.6. The molecule has 0 saturated carbocycles. The van der Waals surface area contributed by atoms with Gasteiger partial charge in [-0.25, -0.2) is 9.59 Å². The molecule has 0 aromatic heterocycles. The lowest BCUT2D eigenvalue weighted by atomic mass is 9.95. The van der Waals surface area contributed by atoms with E-state index in [1.165, 1.54) is 14.2 Å². The van der Waals surface area contributed by atoms with Crippen LogP contribution in [0.3, 0.4) is 0 Å². The normalized spacial score (nSPS) is 29.7. The van der Waals surface area contributed by atoms with Crippen LogP contribution in [0, 0.1) is 0 Å². The molecular weight excluding hydrogens is 244 g/mol. The third kappa shape index (κ3) is 1.45. The second-order valence-electron chi connectivity index (χ2n) is 4.25. The topological polar surface area (TPSA) is 104 Å². The quantitative estimate of drug-likeness (QED) is 0.486. The number of ether oxygens (including phenoxy) is 1. The molecule has 2 rings (SSSR count). The number of carboxylic acids is 1. The van der Waals surface area contributed by atoms with Gasteiger partial charge in [-0.15, -0.1) is 0 Å². The molecule has 2 fully saturated rings. The summed E-state index contributed by atoms with van der Waals surface area (Å²) in [6.07, 6.45) is -0.742. The number of likely N-dealkylation sites (N-methyl/N-ethyl adjacent to an activating group) is 1. The van der Waals surface area contributed by atoms with E-state index in [1.54, 1.807) is 0 Å². The number of fused-ring (bicyclic) bond motifs is 1. The lowest BCUT2D eigenvalue weighted by molar-refractivity contribution is -0.165. The molecule has 18 heavy (non-hydrogen) atoms. The van der Waals surface area contributed by atoms with Crippen molar-refractivity contribution in [2.24, 2.45) is 0 Å². The zero-order valence-electron chi connectivity index (χ0n) is 9.82. The maximum absolute atomic E-state index is 11.8. The molecule has 98 valence electrons. The maximum atomic E-state index is 11.8. The molecule has 2 aliphatic rings. The van der Waals surface area contributed by atoms with Crippen LogP contribution in [-0.4, -0.2) is 70.9 Å². The minimum Gasteiger partial charge on any atom is -0.479 e. The van der Waals surface area contributed by atoms with E-state index in [1.807, 2.05) is 0 Å². The van der Waals surface area contributed by atoms with E-state index < -0.39 is 41.9 Å². The van der Waals surface area contributed by atoms with Gasteiger partial charge in [-0.05, 0) is 0 Å². The Morgan fingerprint density at radius 1 is 1.44 bits per heavy atom. The number of hydrogen-bond acceptors (Lipinski definition) is 5. The third-order valence-electron chi connectivity index (χ3n) is 3.34. The summed E-state index contributed by atoms with van der Waals surface area (Å²) in [5, 5.41) is 8.88. The minimum absolute atomic E-state index is 0.0469. The van der Waals surface area contributed by atoms with Gasteiger partial charge in [0.2, 0.25) is 5.91 Å². The van der Waals surface area contributed by atoms with E-state index in [0.29, 0.717) is 0 Å². The SMILES string of the molecule is COC(=O)N(C)C1C(=O)N2C(C(=O)O)C(=O)C[C@H]12. The number of carbonyl (C=O) groups excluding carboxylic acids is 3. The van der Waals surface area contributed by atoms with Crippen molar-refractivity contribution in [2.75, 3.05) is 14.2 Å². The smallest absolute Gasteiger partial charge is 0.409 e. The Labute approximate surface area is 102 Å². The second kappa shape index (κ2) is 3.97. The standard InChI is InChI=1S/C10H12N2O6/c1-11(10(17)18-2)6-4-3-5(13)7(9(15)16)12(4)8(6)14/h4,6-7H,3H2,1-2H3,(H,15,16)/t4-,6?,7?/m1/s1. The van der Waals surface area contributed by atoms with Crippen LogP contribution in [0.5, 0.6) is 0 Å². The van der Waals surface area contributed by atoms with Crippen LogP contribution in [-0.2, 0) is 19.1 Å². The van der Waals surface area contributed by atoms with Gasteiger partial charge >= 0.3 is 12.1 Å². The van der Waals surface area contributed by atoms with Gasteiger partial charge in [-0.2, -0.15) is 0 Å². The monoisotopic (exact) mass is 256 g/mol.